The standard InChI is InChI=1S/C20H29N3O3/c1-16-7-4-5-9-19(16)26-17(2)15-23-20(22-12-14-24-3)21-11-10-18-8-6-13-25-18/h4-9,13,17H,10-12,14-15H2,1-3H3,(H2,21,22,23). The largest absolute Gasteiger partial charge is 0.489 e. The first-order valence-electron chi connectivity index (χ1n) is 8.95. The van der Waals surface area contributed by atoms with Crippen molar-refractivity contribution in [2.24, 2.45) is 4.99 Å². The molecule has 26 heavy (non-hydrogen) atoms. The fraction of sp³-hybridized carbons (Fsp3) is 0.450. The summed E-state index contributed by atoms with van der Waals surface area (Å²) in [4.78, 5) is 4.62. The van der Waals surface area contributed by atoms with Crippen LogP contribution >= 0.6 is 0 Å². The van der Waals surface area contributed by atoms with Crippen molar-refractivity contribution in [1.29, 1.82) is 0 Å². The lowest BCUT2D eigenvalue weighted by atomic mass is 10.2. The van der Waals surface area contributed by atoms with E-state index in [0.717, 1.165) is 36.0 Å². The minimum absolute atomic E-state index is 0.0257. The van der Waals surface area contributed by atoms with Crippen LogP contribution in [0.5, 0.6) is 5.75 Å². The van der Waals surface area contributed by atoms with Gasteiger partial charge in [-0.1, -0.05) is 18.2 Å². The van der Waals surface area contributed by atoms with E-state index in [1.165, 1.54) is 0 Å². The summed E-state index contributed by atoms with van der Waals surface area (Å²) in [7, 11) is 1.68. The first-order chi connectivity index (χ1) is 12.7. The second-order valence-electron chi connectivity index (χ2n) is 6.06. The second kappa shape index (κ2) is 11.2. The molecular weight excluding hydrogens is 330 g/mol. The zero-order chi connectivity index (χ0) is 18.6. The van der Waals surface area contributed by atoms with Crippen molar-refractivity contribution in [3.05, 3.63) is 54.0 Å². The molecule has 142 valence electrons. The van der Waals surface area contributed by atoms with Crippen molar-refractivity contribution in [1.82, 2.24) is 10.6 Å². The van der Waals surface area contributed by atoms with Crippen LogP contribution in [0.3, 0.4) is 0 Å². The molecule has 2 rings (SSSR count). The van der Waals surface area contributed by atoms with E-state index < -0.39 is 0 Å². The van der Waals surface area contributed by atoms with Crippen LogP contribution in [0.4, 0.5) is 0 Å². The van der Waals surface area contributed by atoms with Gasteiger partial charge in [0.2, 0.25) is 0 Å². The van der Waals surface area contributed by atoms with E-state index in [0.29, 0.717) is 19.7 Å². The van der Waals surface area contributed by atoms with Crippen molar-refractivity contribution in [3.63, 3.8) is 0 Å². The molecule has 0 saturated carbocycles. The van der Waals surface area contributed by atoms with E-state index in [-0.39, 0.29) is 6.10 Å². The lowest BCUT2D eigenvalue weighted by Gasteiger charge is -2.16. The van der Waals surface area contributed by atoms with Gasteiger partial charge in [-0.25, -0.2) is 4.99 Å². The number of nitrogens with zero attached hydrogens (tertiary/aromatic N) is 1. The minimum Gasteiger partial charge on any atom is -0.489 e. The van der Waals surface area contributed by atoms with Crippen LogP contribution in [0.2, 0.25) is 0 Å². The number of nitrogens with one attached hydrogen (secondary N) is 2. The highest BCUT2D eigenvalue weighted by atomic mass is 16.5. The number of ether oxygens (including phenoxy) is 2. The zero-order valence-corrected chi connectivity index (χ0v) is 15.8. The summed E-state index contributed by atoms with van der Waals surface area (Å²) in [6.45, 7) is 6.66. The molecule has 0 fully saturated rings. The third-order valence-corrected chi connectivity index (χ3v) is 3.77. The van der Waals surface area contributed by atoms with Crippen molar-refractivity contribution >= 4 is 5.96 Å². The van der Waals surface area contributed by atoms with Crippen molar-refractivity contribution in [3.8, 4) is 5.75 Å². The second-order valence-corrected chi connectivity index (χ2v) is 6.06. The molecule has 0 amide bonds. The number of guanidine groups is 1. The molecule has 6 heteroatoms. The molecule has 1 heterocycles. The van der Waals surface area contributed by atoms with Gasteiger partial charge in [-0.05, 0) is 37.6 Å². The van der Waals surface area contributed by atoms with Gasteiger partial charge in [0.05, 0.1) is 19.4 Å². The summed E-state index contributed by atoms with van der Waals surface area (Å²) >= 11 is 0. The Labute approximate surface area is 155 Å². The van der Waals surface area contributed by atoms with E-state index in [4.69, 9.17) is 13.9 Å². The summed E-state index contributed by atoms with van der Waals surface area (Å²) in [5.74, 6) is 2.59. The van der Waals surface area contributed by atoms with Gasteiger partial charge in [0.15, 0.2) is 5.96 Å². The predicted molar refractivity (Wildman–Crippen MR) is 104 cm³/mol. The summed E-state index contributed by atoms with van der Waals surface area (Å²) in [6, 6.07) is 11.9. The molecular formula is C20H29N3O3. The van der Waals surface area contributed by atoms with Gasteiger partial charge in [-0.3, -0.25) is 0 Å². The average Bonchev–Trinajstić information content (AvgIpc) is 3.15. The maximum Gasteiger partial charge on any atom is 0.191 e. The van der Waals surface area contributed by atoms with Gasteiger partial charge in [0.1, 0.15) is 17.6 Å². The van der Waals surface area contributed by atoms with E-state index in [2.05, 4.69) is 15.6 Å². The van der Waals surface area contributed by atoms with Gasteiger partial charge in [0.25, 0.3) is 0 Å². The maximum atomic E-state index is 5.98. The molecule has 0 radical (unpaired) electrons. The van der Waals surface area contributed by atoms with Gasteiger partial charge >= 0.3 is 0 Å². The Kier molecular flexibility index (Phi) is 8.55. The van der Waals surface area contributed by atoms with E-state index >= 15 is 0 Å². The third kappa shape index (κ3) is 7.19. The SMILES string of the molecule is COCCNC(=NCC(C)Oc1ccccc1C)NCCc1ccco1. The van der Waals surface area contributed by atoms with Crippen LogP contribution < -0.4 is 15.4 Å². The Morgan fingerprint density at radius 1 is 1.15 bits per heavy atom. The van der Waals surface area contributed by atoms with Crippen LogP contribution in [-0.2, 0) is 11.2 Å². The van der Waals surface area contributed by atoms with Gasteiger partial charge in [0, 0.05) is 26.6 Å². The number of furan rings is 1. The van der Waals surface area contributed by atoms with Crippen LogP contribution in [-0.4, -0.2) is 45.4 Å². The molecule has 2 N–H and O–H groups in total. The first kappa shape index (κ1) is 19.8. The first-order valence-corrected chi connectivity index (χ1v) is 8.95. The molecule has 0 bridgehead atoms. The summed E-state index contributed by atoms with van der Waals surface area (Å²) in [5.41, 5.74) is 1.12. The summed E-state index contributed by atoms with van der Waals surface area (Å²) < 4.78 is 16.4. The average molecular weight is 359 g/mol. The molecule has 0 saturated heterocycles. The number of rotatable bonds is 10. The Morgan fingerprint density at radius 3 is 2.69 bits per heavy atom. The molecule has 6 nitrogen and oxygen atoms in total. The smallest absolute Gasteiger partial charge is 0.191 e. The number of para-hydroxylation sites is 1. The highest BCUT2D eigenvalue weighted by molar-refractivity contribution is 5.79. The molecule has 0 spiro atoms. The van der Waals surface area contributed by atoms with Gasteiger partial charge in [-0.2, -0.15) is 0 Å². The molecule has 2 aromatic rings. The normalized spacial score (nSPS) is 12.7. The van der Waals surface area contributed by atoms with Crippen molar-refractivity contribution in [2.75, 3.05) is 33.4 Å². The van der Waals surface area contributed by atoms with Crippen LogP contribution in [0.1, 0.15) is 18.2 Å². The predicted octanol–water partition coefficient (Wildman–Crippen LogP) is 2.78. The zero-order valence-electron chi connectivity index (χ0n) is 15.8. The van der Waals surface area contributed by atoms with Crippen LogP contribution in [0.25, 0.3) is 0 Å². The van der Waals surface area contributed by atoms with Crippen LogP contribution in [0, 0.1) is 6.92 Å². The van der Waals surface area contributed by atoms with Gasteiger partial charge in [-0.15, -0.1) is 0 Å². The summed E-state index contributed by atoms with van der Waals surface area (Å²) in [6.07, 6.45) is 2.46. The molecule has 0 aliphatic carbocycles. The topological polar surface area (TPSA) is 68.0 Å². The van der Waals surface area contributed by atoms with E-state index in [1.807, 2.05) is 50.2 Å². The molecule has 0 aliphatic rings. The fourth-order valence-electron chi connectivity index (χ4n) is 2.37. The highest BCUT2D eigenvalue weighted by Gasteiger charge is 2.07. The molecule has 0 aliphatic heterocycles. The van der Waals surface area contributed by atoms with Crippen molar-refractivity contribution in [2.45, 2.75) is 26.4 Å². The Morgan fingerprint density at radius 2 is 1.96 bits per heavy atom. The number of aryl methyl sites for hydroxylation is 1. The quantitative estimate of drug-likeness (QED) is 0.388. The Balaban J connectivity index is 1.84. The van der Waals surface area contributed by atoms with E-state index in [1.54, 1.807) is 13.4 Å². The van der Waals surface area contributed by atoms with E-state index in [9.17, 15) is 0 Å². The highest BCUT2D eigenvalue weighted by Crippen LogP contribution is 2.17. The third-order valence-electron chi connectivity index (χ3n) is 3.77. The van der Waals surface area contributed by atoms with Crippen molar-refractivity contribution < 1.29 is 13.9 Å². The number of hydrogen-bond donors (Lipinski definition) is 2. The summed E-state index contributed by atoms with van der Waals surface area (Å²) in [5, 5.41) is 6.57. The fourth-order valence-corrected chi connectivity index (χ4v) is 2.37. The van der Waals surface area contributed by atoms with Crippen LogP contribution in [0.15, 0.2) is 52.1 Å². The maximum absolute atomic E-state index is 5.98. The lowest BCUT2D eigenvalue weighted by Crippen LogP contribution is -2.40. The lowest BCUT2D eigenvalue weighted by molar-refractivity contribution is 0.203. The van der Waals surface area contributed by atoms with Gasteiger partial charge < -0.3 is 24.5 Å². The number of hydrogen-bond acceptors (Lipinski definition) is 4. The number of aliphatic imine (C=N–C) groups is 1. The monoisotopic (exact) mass is 359 g/mol. The minimum atomic E-state index is -0.0257. The number of methoxy groups -OCH3 is 1. The molecule has 1 aromatic heterocycles. The molecule has 1 aromatic carbocycles. The molecule has 1 atom stereocenters. The Bertz CT molecular complexity index is 656. The number of benzene rings is 1. The molecule has 1 unspecified atom stereocenters. The Hall–Kier alpha value is -2.47.